The van der Waals surface area contributed by atoms with E-state index in [1.165, 1.54) is 24.0 Å². The fraction of sp³-hybridized carbons (Fsp3) is 0.316. The first kappa shape index (κ1) is 19.3. The summed E-state index contributed by atoms with van der Waals surface area (Å²) >= 11 is 1.56. The van der Waals surface area contributed by atoms with Gasteiger partial charge in [-0.2, -0.15) is 24.5 Å². The van der Waals surface area contributed by atoms with E-state index >= 15 is 0 Å². The first-order valence-corrected chi connectivity index (χ1v) is 9.40. The molecule has 8 heteroatoms. The van der Waals surface area contributed by atoms with Crippen molar-refractivity contribution in [2.45, 2.75) is 32.5 Å². The molecule has 1 aromatic carbocycles. The smallest absolute Gasteiger partial charge is 0.399 e. The van der Waals surface area contributed by atoms with E-state index in [0.29, 0.717) is 18.7 Å². The molecule has 0 bridgehead atoms. The maximum Gasteiger partial charge on any atom is 0.416 e. The van der Waals surface area contributed by atoms with Gasteiger partial charge in [-0.25, -0.2) is 0 Å². The number of amides is 1. The zero-order valence-electron chi connectivity index (χ0n) is 14.9. The van der Waals surface area contributed by atoms with E-state index in [-0.39, 0.29) is 11.1 Å². The van der Waals surface area contributed by atoms with Gasteiger partial charge in [0, 0.05) is 35.3 Å². The monoisotopic (exact) mass is 395 g/mol. The van der Waals surface area contributed by atoms with Crippen molar-refractivity contribution < 1.29 is 18.0 Å². The molecule has 1 amide bonds. The van der Waals surface area contributed by atoms with Gasteiger partial charge in [-0.1, -0.05) is 6.07 Å². The first-order valence-electron chi connectivity index (χ1n) is 8.45. The first-order chi connectivity index (χ1) is 12.7. The van der Waals surface area contributed by atoms with Gasteiger partial charge in [0.25, 0.3) is 5.91 Å². The summed E-state index contributed by atoms with van der Waals surface area (Å²) in [6.45, 7) is 3.49. The molecule has 0 fully saturated rings. The highest BCUT2D eigenvalue weighted by atomic mass is 32.1. The number of rotatable bonds is 3. The maximum atomic E-state index is 13.1. The zero-order valence-corrected chi connectivity index (χ0v) is 15.7. The molecule has 1 atom stereocenters. The molecule has 1 aliphatic heterocycles. The largest absolute Gasteiger partial charge is 0.416 e. The Morgan fingerprint density at radius 2 is 2.07 bits per heavy atom. The van der Waals surface area contributed by atoms with E-state index in [1.807, 2.05) is 16.8 Å². The molecule has 0 saturated carbocycles. The molecule has 2 aromatic rings. The van der Waals surface area contributed by atoms with E-state index < -0.39 is 23.7 Å². The Morgan fingerprint density at radius 3 is 2.70 bits per heavy atom. The number of hydrogen-bond acceptors (Lipinski definition) is 4. The number of carbonyl (C=O) groups excluding carboxylic acids is 1. The number of hydrogen-bond donors (Lipinski definition) is 2. The number of benzene rings is 1. The van der Waals surface area contributed by atoms with Crippen molar-refractivity contribution in [2.24, 2.45) is 5.73 Å². The third kappa shape index (κ3) is 3.80. The summed E-state index contributed by atoms with van der Waals surface area (Å²) in [7, 11) is 0. The molecular weight excluding hydrogens is 375 g/mol. The van der Waals surface area contributed by atoms with Crippen LogP contribution >= 0.6 is 11.3 Å². The number of nitrogens with one attached hydrogen (secondary N) is 1. The summed E-state index contributed by atoms with van der Waals surface area (Å²) < 4.78 is 39.4. The van der Waals surface area contributed by atoms with Crippen LogP contribution in [0, 0.1) is 6.92 Å². The quantitative estimate of drug-likeness (QED) is 0.799. The summed E-state index contributed by atoms with van der Waals surface area (Å²) in [5.41, 5.74) is 7.72. The minimum absolute atomic E-state index is 0.0544. The highest BCUT2D eigenvalue weighted by molar-refractivity contribution is 7.08. The molecule has 27 heavy (non-hydrogen) atoms. The Balaban J connectivity index is 1.86. The molecule has 1 aliphatic rings. The maximum absolute atomic E-state index is 13.1. The molecule has 4 nitrogen and oxygen atoms in total. The summed E-state index contributed by atoms with van der Waals surface area (Å²) in [5.74, 6) is -0.441. The summed E-state index contributed by atoms with van der Waals surface area (Å²) in [5, 5.41) is 7.15. The van der Waals surface area contributed by atoms with Crippen molar-refractivity contribution in [1.82, 2.24) is 4.90 Å². The normalized spacial score (nSPS) is 18.0. The van der Waals surface area contributed by atoms with Crippen LogP contribution in [0.25, 0.3) is 0 Å². The average molecular weight is 395 g/mol. The highest BCUT2D eigenvalue weighted by Gasteiger charge is 2.35. The summed E-state index contributed by atoms with van der Waals surface area (Å²) in [4.78, 5) is 14.5. The standard InChI is InChI=1S/C19H20F3N3OS/c1-11-14(4-3-5-15(11)19(20,21)22)18(26)25-8-6-16(17(23)12(25)2)24-13-7-9-27-10-13/h3-5,7,9-10,12,24H,6,8,23H2,1-2H3. The molecule has 1 aromatic heterocycles. The van der Waals surface area contributed by atoms with Crippen molar-refractivity contribution >= 4 is 22.9 Å². The Kier molecular flexibility index (Phi) is 5.19. The second-order valence-electron chi connectivity index (χ2n) is 6.47. The van der Waals surface area contributed by atoms with E-state index in [0.717, 1.165) is 17.5 Å². The fourth-order valence-corrected chi connectivity index (χ4v) is 3.83. The van der Waals surface area contributed by atoms with Gasteiger partial charge in [0.2, 0.25) is 0 Å². The molecular formula is C19H20F3N3OS. The zero-order chi connectivity index (χ0) is 19.8. The van der Waals surface area contributed by atoms with Crippen molar-refractivity contribution in [3.05, 3.63) is 63.1 Å². The number of nitrogens with zero attached hydrogens (tertiary/aromatic N) is 1. The minimum Gasteiger partial charge on any atom is -0.399 e. The Morgan fingerprint density at radius 1 is 1.33 bits per heavy atom. The molecule has 2 heterocycles. The van der Waals surface area contributed by atoms with Gasteiger partial charge in [-0.3, -0.25) is 4.79 Å². The van der Waals surface area contributed by atoms with E-state index in [1.54, 1.807) is 18.3 Å². The molecule has 0 spiro atoms. The SMILES string of the molecule is Cc1c(C(=O)N2CCC(Nc3ccsc3)=C(N)C2C)cccc1C(F)(F)F. The number of nitrogens with two attached hydrogens (primary N) is 1. The third-order valence-corrected chi connectivity index (χ3v) is 5.50. The van der Waals surface area contributed by atoms with Crippen LogP contribution in [-0.4, -0.2) is 23.4 Å². The lowest BCUT2D eigenvalue weighted by Crippen LogP contribution is -2.46. The lowest BCUT2D eigenvalue weighted by Gasteiger charge is -2.36. The Labute approximate surface area is 159 Å². The summed E-state index contributed by atoms with van der Waals surface area (Å²) in [6, 6.07) is 5.20. The van der Waals surface area contributed by atoms with E-state index in [9.17, 15) is 18.0 Å². The molecule has 0 radical (unpaired) electrons. The van der Waals surface area contributed by atoms with Crippen molar-refractivity contribution in [2.75, 3.05) is 11.9 Å². The fourth-order valence-electron chi connectivity index (χ4n) is 3.24. The predicted octanol–water partition coefficient (Wildman–Crippen LogP) is 4.59. The Hall–Kier alpha value is -2.48. The highest BCUT2D eigenvalue weighted by Crippen LogP contribution is 2.34. The van der Waals surface area contributed by atoms with Crippen LogP contribution < -0.4 is 11.1 Å². The van der Waals surface area contributed by atoms with E-state index in [2.05, 4.69) is 5.32 Å². The topological polar surface area (TPSA) is 58.4 Å². The van der Waals surface area contributed by atoms with Crippen molar-refractivity contribution in [1.29, 1.82) is 0 Å². The number of halogens is 3. The third-order valence-electron chi connectivity index (χ3n) is 4.82. The summed E-state index contributed by atoms with van der Waals surface area (Å²) in [6.07, 6.45) is -3.99. The van der Waals surface area contributed by atoms with E-state index in [4.69, 9.17) is 5.73 Å². The molecule has 1 unspecified atom stereocenters. The van der Waals surface area contributed by atoms with Gasteiger partial charge in [-0.05, 0) is 43.0 Å². The van der Waals surface area contributed by atoms with Crippen LogP contribution in [0.4, 0.5) is 18.9 Å². The molecule has 0 saturated heterocycles. The van der Waals surface area contributed by atoms with Gasteiger partial charge in [0.05, 0.1) is 17.3 Å². The number of anilines is 1. The van der Waals surface area contributed by atoms with Crippen LogP contribution in [0.3, 0.4) is 0 Å². The van der Waals surface area contributed by atoms with Gasteiger partial charge in [0.1, 0.15) is 0 Å². The second kappa shape index (κ2) is 7.26. The van der Waals surface area contributed by atoms with Crippen LogP contribution in [-0.2, 0) is 6.18 Å². The van der Waals surface area contributed by atoms with Crippen molar-refractivity contribution in [3.63, 3.8) is 0 Å². The molecule has 3 N–H and O–H groups in total. The molecule has 144 valence electrons. The number of alkyl halides is 3. The Bertz CT molecular complexity index is 875. The average Bonchev–Trinajstić information content (AvgIpc) is 3.11. The molecule has 3 rings (SSSR count). The molecule has 0 aliphatic carbocycles. The van der Waals surface area contributed by atoms with Crippen LogP contribution in [0.1, 0.15) is 34.8 Å². The van der Waals surface area contributed by atoms with Gasteiger partial charge in [-0.15, -0.1) is 0 Å². The second-order valence-corrected chi connectivity index (χ2v) is 7.25. The number of thiophene rings is 1. The lowest BCUT2D eigenvalue weighted by molar-refractivity contribution is -0.138. The van der Waals surface area contributed by atoms with Crippen LogP contribution in [0.5, 0.6) is 0 Å². The predicted molar refractivity (Wildman–Crippen MR) is 100 cm³/mol. The van der Waals surface area contributed by atoms with Gasteiger partial charge >= 0.3 is 6.18 Å². The minimum atomic E-state index is -4.50. The number of carbonyl (C=O) groups is 1. The van der Waals surface area contributed by atoms with Crippen LogP contribution in [0.2, 0.25) is 0 Å². The van der Waals surface area contributed by atoms with Crippen LogP contribution in [0.15, 0.2) is 46.4 Å². The van der Waals surface area contributed by atoms with Gasteiger partial charge < -0.3 is 16.0 Å². The van der Waals surface area contributed by atoms with Crippen molar-refractivity contribution in [3.8, 4) is 0 Å². The van der Waals surface area contributed by atoms with Gasteiger partial charge in [0.15, 0.2) is 0 Å². The lowest BCUT2D eigenvalue weighted by atomic mass is 9.98.